The average molecular weight is 946 g/mol. The predicted octanol–water partition coefficient (Wildman–Crippen LogP) is 18.9. The van der Waals surface area contributed by atoms with E-state index < -0.39 is 6.10 Å². The maximum absolute atomic E-state index is 12.8. The van der Waals surface area contributed by atoms with Gasteiger partial charge in [0, 0.05) is 19.3 Å². The zero-order chi connectivity index (χ0) is 49.3. The fourth-order valence-corrected chi connectivity index (χ4v) is 7.56. The first-order valence-corrected chi connectivity index (χ1v) is 28.2. The van der Waals surface area contributed by atoms with Crippen LogP contribution in [-0.4, -0.2) is 37.2 Å². The Labute approximate surface area is 419 Å². The smallest absolute Gasteiger partial charge is 0.306 e. The fraction of sp³-hybridized carbons (Fsp3) is 0.694. The molecule has 0 unspecified atom stereocenters. The van der Waals surface area contributed by atoms with E-state index in [1.165, 1.54) is 116 Å². The lowest BCUT2D eigenvalue weighted by atomic mass is 10.1. The van der Waals surface area contributed by atoms with Crippen LogP contribution in [-0.2, 0) is 28.6 Å². The number of rotatable bonds is 50. The SMILES string of the molecule is CC/C=C/C/C=C/C/C=C/C/C=C/C/C=C/CCCC(=O)O[C@H](COC(=O)CCCCCCC/C=C/CCCCCCC)COC(=O)CCCCCCCCCCC/C=C/C/C=C/CCCCC. The van der Waals surface area contributed by atoms with Crippen LogP contribution in [0.3, 0.4) is 0 Å². The van der Waals surface area contributed by atoms with Crippen molar-refractivity contribution in [2.45, 2.75) is 264 Å². The molecule has 0 rings (SSSR count). The van der Waals surface area contributed by atoms with Crippen molar-refractivity contribution < 1.29 is 28.6 Å². The first kappa shape index (κ1) is 64.3. The molecule has 0 aromatic rings. The molecular weight excluding hydrogens is 841 g/mol. The standard InChI is InChI=1S/C62H104O6/c1-4-7-10-13-16-19-22-25-28-30-31-33-34-37-40-43-46-49-52-55-61(64)67-58-59(57-66-60(63)54-51-48-45-42-39-36-27-24-21-18-15-12-9-6-3)68-62(65)56-53-50-47-44-41-38-35-32-29-26-23-20-17-14-11-8-5-2/h8,11,16-17,19-20,24-29,35,38,44,47,59H,4-7,9-10,12-15,18,21-23,30-34,36-37,39-43,45-46,48-58H2,1-3H3/b11-8+,19-16+,20-17+,27-24+,28-25+,29-26+,38-35+,47-44+/t59-/m1/s1. The number of unbranched alkanes of at least 4 members (excludes halogenated alkanes) is 23. The topological polar surface area (TPSA) is 78.9 Å². The number of hydrogen-bond acceptors (Lipinski definition) is 6. The van der Waals surface area contributed by atoms with E-state index in [9.17, 15) is 14.4 Å². The Hall–Kier alpha value is -3.67. The number of carbonyl (C=O) groups excluding carboxylic acids is 3. The Morgan fingerprint density at radius 1 is 0.309 bits per heavy atom. The molecule has 0 aliphatic heterocycles. The number of carbonyl (C=O) groups is 3. The summed E-state index contributed by atoms with van der Waals surface area (Å²) in [4.78, 5) is 38.1. The van der Waals surface area contributed by atoms with Gasteiger partial charge in [-0.3, -0.25) is 14.4 Å². The zero-order valence-electron chi connectivity index (χ0n) is 44.3. The molecule has 68 heavy (non-hydrogen) atoms. The summed E-state index contributed by atoms with van der Waals surface area (Å²) in [5.41, 5.74) is 0. The third-order valence-corrected chi connectivity index (χ3v) is 11.8. The van der Waals surface area contributed by atoms with Crippen LogP contribution < -0.4 is 0 Å². The van der Waals surface area contributed by atoms with E-state index in [1.54, 1.807) is 0 Å². The van der Waals surface area contributed by atoms with E-state index in [1.807, 2.05) is 0 Å². The van der Waals surface area contributed by atoms with Crippen LogP contribution >= 0.6 is 0 Å². The van der Waals surface area contributed by atoms with Crippen molar-refractivity contribution in [3.05, 3.63) is 97.2 Å². The van der Waals surface area contributed by atoms with Gasteiger partial charge in [-0.2, -0.15) is 0 Å². The van der Waals surface area contributed by atoms with Gasteiger partial charge in [-0.15, -0.1) is 0 Å². The van der Waals surface area contributed by atoms with Crippen LogP contribution in [0.2, 0.25) is 0 Å². The molecule has 0 N–H and O–H groups in total. The monoisotopic (exact) mass is 945 g/mol. The van der Waals surface area contributed by atoms with E-state index in [2.05, 4.69) is 118 Å². The highest BCUT2D eigenvalue weighted by Crippen LogP contribution is 2.14. The van der Waals surface area contributed by atoms with Crippen molar-refractivity contribution in [2.75, 3.05) is 13.2 Å². The van der Waals surface area contributed by atoms with Crippen LogP contribution in [0.15, 0.2) is 97.2 Å². The van der Waals surface area contributed by atoms with Gasteiger partial charge in [0.1, 0.15) is 13.2 Å². The minimum atomic E-state index is -0.813. The average Bonchev–Trinajstić information content (AvgIpc) is 3.34. The van der Waals surface area contributed by atoms with E-state index >= 15 is 0 Å². The van der Waals surface area contributed by atoms with E-state index in [-0.39, 0.29) is 37.5 Å². The van der Waals surface area contributed by atoms with Gasteiger partial charge in [-0.1, -0.05) is 221 Å². The Bertz CT molecular complexity index is 1360. The van der Waals surface area contributed by atoms with Crippen LogP contribution in [0.4, 0.5) is 0 Å². The van der Waals surface area contributed by atoms with Gasteiger partial charge in [-0.25, -0.2) is 0 Å². The van der Waals surface area contributed by atoms with E-state index in [0.717, 1.165) is 96.3 Å². The van der Waals surface area contributed by atoms with Crippen LogP contribution in [0.5, 0.6) is 0 Å². The van der Waals surface area contributed by atoms with Gasteiger partial charge in [0.25, 0.3) is 0 Å². The summed E-state index contributed by atoms with van der Waals surface area (Å²) < 4.78 is 16.8. The Balaban J connectivity index is 4.48. The molecular formula is C62H104O6. The Morgan fingerprint density at radius 2 is 0.588 bits per heavy atom. The first-order valence-electron chi connectivity index (χ1n) is 28.2. The van der Waals surface area contributed by atoms with Crippen LogP contribution in [0, 0.1) is 0 Å². The molecule has 6 nitrogen and oxygen atoms in total. The van der Waals surface area contributed by atoms with E-state index in [0.29, 0.717) is 19.3 Å². The summed E-state index contributed by atoms with van der Waals surface area (Å²) in [6.07, 6.45) is 74.0. The summed E-state index contributed by atoms with van der Waals surface area (Å²) in [7, 11) is 0. The Morgan fingerprint density at radius 3 is 0.985 bits per heavy atom. The van der Waals surface area contributed by atoms with Crippen molar-refractivity contribution >= 4 is 17.9 Å². The lowest BCUT2D eigenvalue weighted by Gasteiger charge is -2.18. The predicted molar refractivity (Wildman–Crippen MR) is 293 cm³/mol. The fourth-order valence-electron chi connectivity index (χ4n) is 7.56. The minimum absolute atomic E-state index is 0.105. The summed E-state index contributed by atoms with van der Waals surface area (Å²) in [6, 6.07) is 0. The van der Waals surface area contributed by atoms with E-state index in [4.69, 9.17) is 14.2 Å². The Kier molecular flexibility index (Phi) is 52.9. The highest BCUT2D eigenvalue weighted by Gasteiger charge is 2.19. The van der Waals surface area contributed by atoms with Crippen molar-refractivity contribution in [2.24, 2.45) is 0 Å². The van der Waals surface area contributed by atoms with Gasteiger partial charge in [0.05, 0.1) is 0 Å². The summed E-state index contributed by atoms with van der Waals surface area (Å²) >= 11 is 0. The van der Waals surface area contributed by atoms with Crippen LogP contribution in [0.1, 0.15) is 258 Å². The zero-order valence-corrected chi connectivity index (χ0v) is 44.3. The van der Waals surface area contributed by atoms with Gasteiger partial charge in [0.2, 0.25) is 0 Å². The van der Waals surface area contributed by atoms with Crippen molar-refractivity contribution in [1.29, 1.82) is 0 Å². The molecule has 0 aliphatic carbocycles. The highest BCUT2D eigenvalue weighted by atomic mass is 16.6. The van der Waals surface area contributed by atoms with Gasteiger partial charge in [0.15, 0.2) is 6.10 Å². The molecule has 0 heterocycles. The van der Waals surface area contributed by atoms with Crippen molar-refractivity contribution in [3.8, 4) is 0 Å². The molecule has 0 saturated carbocycles. The molecule has 0 spiro atoms. The molecule has 388 valence electrons. The lowest BCUT2D eigenvalue weighted by Crippen LogP contribution is -2.30. The number of hydrogen-bond donors (Lipinski definition) is 0. The second-order valence-electron chi connectivity index (χ2n) is 18.5. The normalized spacial score (nSPS) is 12.8. The summed E-state index contributed by atoms with van der Waals surface area (Å²) in [5.74, 6) is -0.975. The van der Waals surface area contributed by atoms with Gasteiger partial charge in [-0.05, 0) is 116 Å². The van der Waals surface area contributed by atoms with Crippen molar-refractivity contribution in [1.82, 2.24) is 0 Å². The molecule has 0 aromatic carbocycles. The second-order valence-corrected chi connectivity index (χ2v) is 18.5. The maximum Gasteiger partial charge on any atom is 0.306 e. The van der Waals surface area contributed by atoms with Gasteiger partial charge < -0.3 is 14.2 Å². The second kappa shape index (κ2) is 55.9. The van der Waals surface area contributed by atoms with Crippen molar-refractivity contribution in [3.63, 3.8) is 0 Å². The molecule has 0 aliphatic rings. The minimum Gasteiger partial charge on any atom is -0.462 e. The first-order chi connectivity index (χ1) is 33.5. The quantitative estimate of drug-likeness (QED) is 0.0262. The number of esters is 3. The maximum atomic E-state index is 12.8. The van der Waals surface area contributed by atoms with Crippen LogP contribution in [0.25, 0.3) is 0 Å². The lowest BCUT2D eigenvalue weighted by molar-refractivity contribution is -0.167. The van der Waals surface area contributed by atoms with Gasteiger partial charge >= 0.3 is 17.9 Å². The summed E-state index contributed by atoms with van der Waals surface area (Å²) in [5, 5.41) is 0. The largest absolute Gasteiger partial charge is 0.462 e. The molecule has 0 bridgehead atoms. The number of allylic oxidation sites excluding steroid dienone is 16. The molecule has 0 saturated heterocycles. The molecule has 0 aromatic heterocycles. The molecule has 0 amide bonds. The molecule has 6 heteroatoms. The third-order valence-electron chi connectivity index (χ3n) is 11.8. The highest BCUT2D eigenvalue weighted by molar-refractivity contribution is 5.71. The molecule has 0 fully saturated rings. The molecule has 1 atom stereocenters. The number of ether oxygens (including phenoxy) is 3. The molecule has 0 radical (unpaired) electrons. The summed E-state index contributed by atoms with van der Waals surface area (Å²) in [6.45, 7) is 6.44. The third kappa shape index (κ3) is 53.3.